The van der Waals surface area contributed by atoms with Gasteiger partial charge in [-0.1, -0.05) is 17.7 Å². The van der Waals surface area contributed by atoms with Gasteiger partial charge in [0, 0.05) is 47.7 Å². The van der Waals surface area contributed by atoms with Gasteiger partial charge < -0.3 is 15.4 Å². The van der Waals surface area contributed by atoms with E-state index in [2.05, 4.69) is 40.4 Å². The van der Waals surface area contributed by atoms with Crippen molar-refractivity contribution in [3.8, 4) is 0 Å². The molecule has 0 aliphatic heterocycles. The Morgan fingerprint density at radius 2 is 2.23 bits per heavy atom. The fourth-order valence-electron chi connectivity index (χ4n) is 4.05. The van der Waals surface area contributed by atoms with Crippen LogP contribution in [-0.4, -0.2) is 34.3 Å². The number of fused-ring (bicyclic) bond motifs is 3. The van der Waals surface area contributed by atoms with Crippen LogP contribution in [0.5, 0.6) is 0 Å². The van der Waals surface area contributed by atoms with Crippen LogP contribution in [0.15, 0.2) is 42.6 Å². The smallest absolute Gasteiger partial charge is 0.0475 e. The van der Waals surface area contributed by atoms with Crippen LogP contribution in [0.1, 0.15) is 28.9 Å². The van der Waals surface area contributed by atoms with Crippen LogP contribution in [0.4, 0.5) is 0 Å². The summed E-state index contributed by atoms with van der Waals surface area (Å²) in [6.07, 6.45) is 5.92. The number of benzene rings is 1. The van der Waals surface area contributed by atoms with Crippen molar-refractivity contribution in [2.24, 2.45) is 5.92 Å². The summed E-state index contributed by atoms with van der Waals surface area (Å²) in [5, 5.41) is 14.8. The van der Waals surface area contributed by atoms with Gasteiger partial charge in [0.1, 0.15) is 0 Å². The fraction of sp³-hybridized carbons (Fsp3) is 0.409. The molecule has 0 bridgehead atoms. The Bertz CT molecular complexity index is 872. The Hall–Kier alpha value is -2.17. The maximum absolute atomic E-state index is 9.74. The van der Waals surface area contributed by atoms with E-state index in [0.717, 1.165) is 37.9 Å². The number of rotatable bonds is 6. The lowest BCUT2D eigenvalue weighted by Crippen LogP contribution is -2.38. The first kappa shape index (κ1) is 17.3. The molecule has 4 nitrogen and oxygen atoms in total. The van der Waals surface area contributed by atoms with Crippen molar-refractivity contribution in [2.75, 3.05) is 13.2 Å². The van der Waals surface area contributed by atoms with E-state index in [1.54, 1.807) is 0 Å². The van der Waals surface area contributed by atoms with Gasteiger partial charge in [0.15, 0.2) is 0 Å². The zero-order chi connectivity index (χ0) is 17.9. The molecule has 26 heavy (non-hydrogen) atoms. The van der Waals surface area contributed by atoms with E-state index in [0.29, 0.717) is 6.04 Å². The first-order chi connectivity index (χ1) is 12.7. The van der Waals surface area contributed by atoms with Crippen molar-refractivity contribution in [3.63, 3.8) is 0 Å². The number of aryl methyl sites for hydroxylation is 2. The van der Waals surface area contributed by atoms with Crippen molar-refractivity contribution in [2.45, 2.75) is 38.6 Å². The molecule has 0 saturated carbocycles. The average Bonchev–Trinajstić information content (AvgIpc) is 3.03. The second kappa shape index (κ2) is 7.60. The Balaban J connectivity index is 1.41. The number of hydrogen-bond acceptors (Lipinski definition) is 3. The van der Waals surface area contributed by atoms with Gasteiger partial charge >= 0.3 is 0 Å². The highest BCUT2D eigenvalue weighted by molar-refractivity contribution is 5.85. The van der Waals surface area contributed by atoms with Crippen molar-refractivity contribution in [3.05, 3.63) is 65.1 Å². The monoisotopic (exact) mass is 349 g/mol. The number of nitrogens with one attached hydrogen (secondary N) is 2. The van der Waals surface area contributed by atoms with E-state index in [4.69, 9.17) is 0 Å². The summed E-state index contributed by atoms with van der Waals surface area (Å²) in [6, 6.07) is 13.1. The van der Waals surface area contributed by atoms with E-state index in [9.17, 15) is 5.11 Å². The highest BCUT2D eigenvalue weighted by atomic mass is 16.3. The zero-order valence-corrected chi connectivity index (χ0v) is 15.3. The molecule has 0 radical (unpaired) electrons. The summed E-state index contributed by atoms with van der Waals surface area (Å²) in [5.41, 5.74) is 6.48. The van der Waals surface area contributed by atoms with E-state index >= 15 is 0 Å². The molecule has 0 saturated heterocycles. The minimum absolute atomic E-state index is 0.188. The summed E-state index contributed by atoms with van der Waals surface area (Å²) in [7, 11) is 0. The lowest BCUT2D eigenvalue weighted by Gasteiger charge is -2.26. The number of aliphatic hydroxyl groups excluding tert-OH is 1. The third-order valence-electron chi connectivity index (χ3n) is 5.52. The fourth-order valence-corrected chi connectivity index (χ4v) is 4.05. The Labute approximate surface area is 154 Å². The molecular weight excluding hydrogens is 322 g/mol. The van der Waals surface area contributed by atoms with Crippen LogP contribution in [0, 0.1) is 12.8 Å². The lowest BCUT2D eigenvalue weighted by molar-refractivity contribution is 0.215. The average molecular weight is 349 g/mol. The zero-order valence-electron chi connectivity index (χ0n) is 15.3. The highest BCUT2D eigenvalue weighted by Crippen LogP contribution is 2.30. The second-order valence-corrected chi connectivity index (χ2v) is 7.55. The van der Waals surface area contributed by atoms with Gasteiger partial charge in [-0.2, -0.15) is 0 Å². The molecule has 136 valence electrons. The Morgan fingerprint density at radius 1 is 1.31 bits per heavy atom. The molecule has 3 N–H and O–H groups in total. The van der Waals surface area contributed by atoms with Crippen LogP contribution >= 0.6 is 0 Å². The third kappa shape index (κ3) is 3.67. The molecule has 1 aromatic carbocycles. The van der Waals surface area contributed by atoms with Crippen LogP contribution in [0.3, 0.4) is 0 Å². The first-order valence-electron chi connectivity index (χ1n) is 9.57. The summed E-state index contributed by atoms with van der Waals surface area (Å²) >= 11 is 0. The van der Waals surface area contributed by atoms with Crippen molar-refractivity contribution in [1.82, 2.24) is 15.3 Å². The van der Waals surface area contributed by atoms with Gasteiger partial charge in [-0.05, 0) is 68.4 Å². The molecule has 4 rings (SSSR count). The van der Waals surface area contributed by atoms with Crippen LogP contribution in [-0.2, 0) is 19.3 Å². The number of hydrogen-bond donors (Lipinski definition) is 3. The summed E-state index contributed by atoms with van der Waals surface area (Å²) < 4.78 is 0. The van der Waals surface area contributed by atoms with Crippen molar-refractivity contribution < 1.29 is 5.11 Å². The van der Waals surface area contributed by atoms with E-state index in [1.807, 2.05) is 24.4 Å². The Kier molecular flexibility index (Phi) is 5.05. The highest BCUT2D eigenvalue weighted by Gasteiger charge is 2.23. The molecule has 4 heteroatoms. The summed E-state index contributed by atoms with van der Waals surface area (Å²) in [5.74, 6) is 0.205. The molecular formula is C22H27N3O. The normalized spacial score (nSPS) is 18.0. The van der Waals surface area contributed by atoms with Gasteiger partial charge in [-0.3, -0.25) is 4.98 Å². The Morgan fingerprint density at radius 3 is 3.04 bits per heavy atom. The number of H-pyrrole nitrogens is 1. The first-order valence-corrected chi connectivity index (χ1v) is 9.57. The maximum Gasteiger partial charge on any atom is 0.0475 e. The molecule has 0 fully saturated rings. The molecule has 2 aromatic heterocycles. The number of aromatic amines is 1. The van der Waals surface area contributed by atoms with Crippen LogP contribution in [0.2, 0.25) is 0 Å². The van der Waals surface area contributed by atoms with Gasteiger partial charge in [0.05, 0.1) is 0 Å². The van der Waals surface area contributed by atoms with E-state index in [1.165, 1.54) is 27.7 Å². The minimum atomic E-state index is 0.188. The molecule has 1 aliphatic rings. The van der Waals surface area contributed by atoms with Crippen molar-refractivity contribution in [1.29, 1.82) is 0 Å². The summed E-state index contributed by atoms with van der Waals surface area (Å²) in [4.78, 5) is 7.98. The number of nitrogens with zero attached hydrogens (tertiary/aromatic N) is 1. The van der Waals surface area contributed by atoms with E-state index < -0.39 is 0 Å². The predicted molar refractivity (Wildman–Crippen MR) is 105 cm³/mol. The van der Waals surface area contributed by atoms with Gasteiger partial charge in [-0.25, -0.2) is 0 Å². The molecule has 2 atom stereocenters. The van der Waals surface area contributed by atoms with E-state index in [-0.39, 0.29) is 12.5 Å². The molecule has 2 heterocycles. The molecule has 3 aromatic rings. The molecule has 0 spiro atoms. The molecule has 0 amide bonds. The van der Waals surface area contributed by atoms with Gasteiger partial charge in [-0.15, -0.1) is 0 Å². The van der Waals surface area contributed by atoms with Crippen LogP contribution in [0.25, 0.3) is 10.9 Å². The number of pyridine rings is 1. The molecule has 1 aliphatic carbocycles. The topological polar surface area (TPSA) is 60.9 Å². The van der Waals surface area contributed by atoms with Gasteiger partial charge in [0.25, 0.3) is 0 Å². The minimum Gasteiger partial charge on any atom is -0.396 e. The number of aromatic nitrogens is 2. The van der Waals surface area contributed by atoms with Crippen molar-refractivity contribution >= 4 is 10.9 Å². The summed E-state index contributed by atoms with van der Waals surface area (Å²) in [6.45, 7) is 3.17. The standard InChI is InChI=1S/C22H27N3O/c1-15-5-7-21-19(10-15)20-12-18(6-8-22(20)25-21)24-13-16(14-26)11-17-4-2-3-9-23-17/h2-5,7,9-10,16,18,24-26H,6,8,11-14H2,1H3. The maximum atomic E-state index is 9.74. The quantitative estimate of drug-likeness (QED) is 0.641. The number of aliphatic hydroxyl groups is 1. The third-order valence-corrected chi connectivity index (χ3v) is 5.52. The molecule has 2 unspecified atom stereocenters. The van der Waals surface area contributed by atoms with Gasteiger partial charge in [0.2, 0.25) is 0 Å². The largest absolute Gasteiger partial charge is 0.396 e. The lowest BCUT2D eigenvalue weighted by atomic mass is 9.90. The van der Waals surface area contributed by atoms with Crippen LogP contribution < -0.4 is 5.32 Å². The SMILES string of the molecule is Cc1ccc2[nH]c3c(c2c1)CC(NCC(CO)Cc1ccccn1)CC3. The predicted octanol–water partition coefficient (Wildman–Crippen LogP) is 3.17. The second-order valence-electron chi connectivity index (χ2n) is 7.55.